The molecule has 4 nitrogen and oxygen atoms in total. The maximum absolute atomic E-state index is 11.9. The van der Waals surface area contributed by atoms with E-state index in [0.717, 1.165) is 17.5 Å². The van der Waals surface area contributed by atoms with Gasteiger partial charge in [-0.05, 0) is 42.9 Å². The van der Waals surface area contributed by atoms with Gasteiger partial charge in [0.15, 0.2) is 6.04 Å². The largest absolute Gasteiger partial charge is 0.479 e. The smallest absolute Gasteiger partial charge is 0.330 e. The summed E-state index contributed by atoms with van der Waals surface area (Å²) >= 11 is 0. The van der Waals surface area contributed by atoms with Gasteiger partial charge in [-0.3, -0.25) is 4.79 Å². The highest BCUT2D eigenvalue weighted by Gasteiger charge is 2.23. The summed E-state index contributed by atoms with van der Waals surface area (Å²) in [6.45, 7) is 7.87. The number of hydrogen-bond acceptors (Lipinski definition) is 2. The first-order valence-electron chi connectivity index (χ1n) is 6.91. The van der Waals surface area contributed by atoms with E-state index in [0.29, 0.717) is 17.9 Å². The number of carbonyl (C=O) groups is 2. The zero-order chi connectivity index (χ0) is 15.3. The van der Waals surface area contributed by atoms with Crippen LogP contribution in [0.25, 0.3) is 0 Å². The minimum absolute atomic E-state index is 0.216. The molecule has 1 unspecified atom stereocenters. The zero-order valence-corrected chi connectivity index (χ0v) is 12.6. The Morgan fingerprint density at radius 3 is 2.45 bits per heavy atom. The van der Waals surface area contributed by atoms with Gasteiger partial charge in [-0.1, -0.05) is 32.0 Å². The molecule has 0 aliphatic carbocycles. The molecule has 0 spiro atoms. The summed E-state index contributed by atoms with van der Waals surface area (Å²) in [6, 6.07) is 4.52. The van der Waals surface area contributed by atoms with Crippen LogP contribution in [0.15, 0.2) is 18.2 Å². The monoisotopic (exact) mass is 277 g/mol. The molecule has 1 atom stereocenters. The maximum atomic E-state index is 11.9. The topological polar surface area (TPSA) is 66.4 Å². The summed E-state index contributed by atoms with van der Waals surface area (Å²) in [6.07, 6.45) is 1.11. The Hall–Kier alpha value is -1.84. The molecule has 1 aromatic carbocycles. The zero-order valence-electron chi connectivity index (χ0n) is 12.6. The van der Waals surface area contributed by atoms with Crippen LogP contribution in [0.1, 0.15) is 49.4 Å². The van der Waals surface area contributed by atoms with E-state index >= 15 is 0 Å². The average Bonchev–Trinajstić information content (AvgIpc) is 2.37. The van der Waals surface area contributed by atoms with Crippen molar-refractivity contribution in [3.63, 3.8) is 0 Å². The van der Waals surface area contributed by atoms with Crippen LogP contribution in [0.2, 0.25) is 0 Å². The van der Waals surface area contributed by atoms with E-state index in [-0.39, 0.29) is 5.91 Å². The number of rotatable bonds is 6. The first-order chi connectivity index (χ1) is 9.32. The number of aliphatic carboxylic acids is 1. The number of carboxylic acid groups (broad SMARTS) is 1. The van der Waals surface area contributed by atoms with E-state index < -0.39 is 12.0 Å². The number of nitrogens with one attached hydrogen (secondary N) is 1. The molecule has 0 saturated carbocycles. The molecule has 2 N–H and O–H groups in total. The van der Waals surface area contributed by atoms with Crippen LogP contribution < -0.4 is 5.32 Å². The second-order valence-corrected chi connectivity index (χ2v) is 5.56. The summed E-state index contributed by atoms with van der Waals surface area (Å²) in [5.41, 5.74) is 2.57. The number of benzene rings is 1. The Morgan fingerprint density at radius 2 is 1.90 bits per heavy atom. The standard InChI is InChI=1S/C16H23NO3/c1-10(2)8-9-14(18)17-15(16(19)20)13-7-5-6-11(3)12(13)4/h5-7,10,15H,8-9H2,1-4H3,(H,17,18)(H,19,20). The molecule has 0 aromatic heterocycles. The Balaban J connectivity index is 2.87. The van der Waals surface area contributed by atoms with Crippen molar-refractivity contribution in [1.82, 2.24) is 5.32 Å². The average molecular weight is 277 g/mol. The van der Waals surface area contributed by atoms with Gasteiger partial charge in [0.1, 0.15) is 0 Å². The van der Waals surface area contributed by atoms with Gasteiger partial charge in [0.2, 0.25) is 5.91 Å². The SMILES string of the molecule is Cc1cccc(C(NC(=O)CCC(C)C)C(=O)O)c1C. The van der Waals surface area contributed by atoms with Crippen LogP contribution in [0.5, 0.6) is 0 Å². The lowest BCUT2D eigenvalue weighted by Crippen LogP contribution is -2.34. The van der Waals surface area contributed by atoms with E-state index in [1.54, 1.807) is 6.07 Å². The first kappa shape index (κ1) is 16.2. The number of amides is 1. The van der Waals surface area contributed by atoms with Crippen molar-refractivity contribution in [3.05, 3.63) is 34.9 Å². The van der Waals surface area contributed by atoms with Crippen molar-refractivity contribution in [1.29, 1.82) is 0 Å². The van der Waals surface area contributed by atoms with Crippen LogP contribution in [-0.4, -0.2) is 17.0 Å². The lowest BCUT2D eigenvalue weighted by atomic mass is 9.97. The number of carboxylic acids is 1. The van der Waals surface area contributed by atoms with Crippen molar-refractivity contribution in [2.75, 3.05) is 0 Å². The van der Waals surface area contributed by atoms with E-state index in [2.05, 4.69) is 5.32 Å². The third-order valence-corrected chi connectivity index (χ3v) is 3.46. The third-order valence-electron chi connectivity index (χ3n) is 3.46. The van der Waals surface area contributed by atoms with Crippen LogP contribution in [0, 0.1) is 19.8 Å². The molecule has 0 saturated heterocycles. The van der Waals surface area contributed by atoms with E-state index in [1.807, 2.05) is 39.8 Å². The quantitative estimate of drug-likeness (QED) is 0.840. The molecule has 0 aliphatic heterocycles. The second-order valence-electron chi connectivity index (χ2n) is 5.56. The first-order valence-corrected chi connectivity index (χ1v) is 6.91. The Bertz CT molecular complexity index is 494. The Kier molecular flexibility index (Phi) is 5.74. The highest BCUT2D eigenvalue weighted by atomic mass is 16.4. The highest BCUT2D eigenvalue weighted by molar-refractivity contribution is 5.84. The molecule has 0 aliphatic rings. The fourth-order valence-corrected chi connectivity index (χ4v) is 2.01. The fraction of sp³-hybridized carbons (Fsp3) is 0.500. The molecule has 4 heteroatoms. The van der Waals surface area contributed by atoms with Crippen LogP contribution >= 0.6 is 0 Å². The van der Waals surface area contributed by atoms with Crippen LogP contribution in [0.3, 0.4) is 0 Å². The molecule has 1 rings (SSSR count). The number of carbonyl (C=O) groups excluding carboxylic acids is 1. The molecular weight excluding hydrogens is 254 g/mol. The minimum atomic E-state index is -1.03. The Morgan fingerprint density at radius 1 is 1.25 bits per heavy atom. The second kappa shape index (κ2) is 7.08. The van der Waals surface area contributed by atoms with Crippen LogP contribution in [-0.2, 0) is 9.59 Å². The van der Waals surface area contributed by atoms with Crippen LogP contribution in [0.4, 0.5) is 0 Å². The van der Waals surface area contributed by atoms with Gasteiger partial charge < -0.3 is 10.4 Å². The lowest BCUT2D eigenvalue weighted by molar-refractivity contribution is -0.142. The van der Waals surface area contributed by atoms with Crippen molar-refractivity contribution in [2.45, 2.75) is 46.6 Å². The molecule has 0 heterocycles. The summed E-state index contributed by atoms with van der Waals surface area (Å²) in [4.78, 5) is 23.3. The fourth-order valence-electron chi connectivity index (χ4n) is 2.01. The normalized spacial score (nSPS) is 12.2. The van der Waals surface area contributed by atoms with Gasteiger partial charge in [0.05, 0.1) is 0 Å². The molecule has 1 amide bonds. The van der Waals surface area contributed by atoms with Crippen molar-refractivity contribution >= 4 is 11.9 Å². The highest BCUT2D eigenvalue weighted by Crippen LogP contribution is 2.21. The van der Waals surface area contributed by atoms with Gasteiger partial charge in [0, 0.05) is 6.42 Å². The predicted molar refractivity (Wildman–Crippen MR) is 78.5 cm³/mol. The molecule has 0 fully saturated rings. The maximum Gasteiger partial charge on any atom is 0.330 e. The van der Waals surface area contributed by atoms with E-state index in [4.69, 9.17) is 0 Å². The molecule has 1 aromatic rings. The minimum Gasteiger partial charge on any atom is -0.479 e. The molecule has 0 radical (unpaired) electrons. The van der Waals surface area contributed by atoms with Gasteiger partial charge in [-0.15, -0.1) is 0 Å². The van der Waals surface area contributed by atoms with Crippen molar-refractivity contribution < 1.29 is 14.7 Å². The van der Waals surface area contributed by atoms with Gasteiger partial charge >= 0.3 is 5.97 Å². The molecular formula is C16H23NO3. The number of aryl methyl sites for hydroxylation is 1. The van der Waals surface area contributed by atoms with Crippen molar-refractivity contribution in [3.8, 4) is 0 Å². The third kappa shape index (κ3) is 4.37. The number of hydrogen-bond donors (Lipinski definition) is 2. The van der Waals surface area contributed by atoms with E-state index in [1.165, 1.54) is 0 Å². The molecule has 20 heavy (non-hydrogen) atoms. The summed E-state index contributed by atoms with van der Waals surface area (Å²) in [5.74, 6) is -0.826. The summed E-state index contributed by atoms with van der Waals surface area (Å²) in [5, 5.41) is 12.0. The summed E-state index contributed by atoms with van der Waals surface area (Å²) in [7, 11) is 0. The van der Waals surface area contributed by atoms with Gasteiger partial charge in [-0.25, -0.2) is 4.79 Å². The van der Waals surface area contributed by atoms with Crippen molar-refractivity contribution in [2.24, 2.45) is 5.92 Å². The molecule has 110 valence electrons. The predicted octanol–water partition coefficient (Wildman–Crippen LogP) is 2.98. The summed E-state index contributed by atoms with van der Waals surface area (Å²) < 4.78 is 0. The van der Waals surface area contributed by atoms with E-state index in [9.17, 15) is 14.7 Å². The Labute approximate surface area is 120 Å². The lowest BCUT2D eigenvalue weighted by Gasteiger charge is -2.18. The van der Waals surface area contributed by atoms with Gasteiger partial charge in [-0.2, -0.15) is 0 Å². The molecule has 0 bridgehead atoms. The van der Waals surface area contributed by atoms with Gasteiger partial charge in [0.25, 0.3) is 0 Å².